The molecule has 3 rings (SSSR count). The van der Waals surface area contributed by atoms with E-state index in [4.69, 9.17) is 0 Å². The van der Waals surface area contributed by atoms with Crippen molar-refractivity contribution in [2.24, 2.45) is 5.92 Å². The average molecular weight is 432 g/mol. The molecule has 3 aromatic rings. The smallest absolute Gasteiger partial charge is 0.291 e. The quantitative estimate of drug-likeness (QED) is 0.557. The molecule has 8 nitrogen and oxygen atoms in total. The first kappa shape index (κ1) is 22.6. The van der Waals surface area contributed by atoms with Gasteiger partial charge in [0.2, 0.25) is 11.8 Å². The summed E-state index contributed by atoms with van der Waals surface area (Å²) < 4.78 is 1.03. The van der Waals surface area contributed by atoms with Crippen molar-refractivity contribution < 1.29 is 14.4 Å². The molecule has 0 radical (unpaired) electrons. The highest BCUT2D eigenvalue weighted by atomic mass is 16.2. The summed E-state index contributed by atoms with van der Waals surface area (Å²) in [6, 6.07) is 17.1. The van der Waals surface area contributed by atoms with Crippen molar-refractivity contribution in [3.05, 3.63) is 76.6 Å². The zero-order valence-electron chi connectivity index (χ0n) is 18.1. The Morgan fingerprint density at radius 1 is 0.969 bits per heavy atom. The maximum absolute atomic E-state index is 12.9. The van der Waals surface area contributed by atoms with Gasteiger partial charge in [-0.25, -0.2) is 4.68 Å². The number of Topliss-reactive ketones (excluding diaryl/α,β-unsaturated/α-hetero) is 1. The Balaban J connectivity index is 1.90. The third-order valence-corrected chi connectivity index (χ3v) is 4.69. The van der Waals surface area contributed by atoms with Crippen molar-refractivity contribution in [1.82, 2.24) is 9.78 Å². The van der Waals surface area contributed by atoms with Crippen molar-refractivity contribution in [2.45, 2.75) is 27.3 Å². The molecule has 2 N–H and O–H groups in total. The molecular weight excluding hydrogens is 408 g/mol. The maximum atomic E-state index is 12.9. The van der Waals surface area contributed by atoms with Crippen LogP contribution >= 0.6 is 0 Å². The first-order valence-corrected chi connectivity index (χ1v) is 10.1. The molecule has 2 amide bonds. The van der Waals surface area contributed by atoms with Crippen LogP contribution in [0, 0.1) is 5.92 Å². The summed E-state index contributed by atoms with van der Waals surface area (Å²) in [5.41, 5.74) is 1.67. The van der Waals surface area contributed by atoms with Gasteiger partial charge in [0.1, 0.15) is 12.2 Å². The molecule has 0 saturated carbocycles. The number of hydrogen-bond donors (Lipinski definition) is 2. The van der Waals surface area contributed by atoms with Crippen LogP contribution in [0.25, 0.3) is 11.3 Å². The second kappa shape index (κ2) is 9.82. The highest BCUT2D eigenvalue weighted by Gasteiger charge is 2.16. The minimum absolute atomic E-state index is 0.0520. The molecule has 0 bridgehead atoms. The molecule has 0 aliphatic heterocycles. The molecule has 2 aromatic carbocycles. The third-order valence-electron chi connectivity index (χ3n) is 4.69. The molecule has 164 valence electrons. The number of nitrogens with zero attached hydrogens (tertiary/aromatic N) is 2. The van der Waals surface area contributed by atoms with E-state index in [1.807, 2.05) is 30.3 Å². The van der Waals surface area contributed by atoms with Crippen molar-refractivity contribution in [3.8, 4) is 11.3 Å². The van der Waals surface area contributed by atoms with Crippen LogP contribution in [-0.2, 0) is 16.1 Å². The van der Waals surface area contributed by atoms with Gasteiger partial charge >= 0.3 is 0 Å². The van der Waals surface area contributed by atoms with Gasteiger partial charge in [0.05, 0.1) is 5.69 Å². The second-order valence-corrected chi connectivity index (χ2v) is 7.60. The van der Waals surface area contributed by atoms with Gasteiger partial charge in [-0.05, 0) is 37.3 Å². The van der Waals surface area contributed by atoms with Crippen LogP contribution in [0.1, 0.15) is 31.1 Å². The topological polar surface area (TPSA) is 110 Å². The summed E-state index contributed by atoms with van der Waals surface area (Å²) in [4.78, 5) is 49.0. The summed E-state index contributed by atoms with van der Waals surface area (Å²) in [6.07, 6.45) is 0. The molecular formula is C24H24N4O4. The number of benzene rings is 2. The number of nitrogens with one attached hydrogen (secondary N) is 2. The Bertz CT molecular complexity index is 1200. The van der Waals surface area contributed by atoms with Crippen LogP contribution in [-0.4, -0.2) is 27.4 Å². The van der Waals surface area contributed by atoms with Crippen LogP contribution in [0.3, 0.4) is 0 Å². The summed E-state index contributed by atoms with van der Waals surface area (Å²) in [6.45, 7) is 4.55. The van der Waals surface area contributed by atoms with Crippen molar-refractivity contribution >= 4 is 29.0 Å². The fraction of sp³-hybridized carbons (Fsp3) is 0.208. The van der Waals surface area contributed by atoms with Gasteiger partial charge in [0, 0.05) is 22.7 Å². The van der Waals surface area contributed by atoms with Crippen molar-refractivity contribution in [3.63, 3.8) is 0 Å². The highest BCUT2D eigenvalue weighted by molar-refractivity contribution is 5.95. The highest BCUT2D eigenvalue weighted by Crippen LogP contribution is 2.18. The van der Waals surface area contributed by atoms with Gasteiger partial charge in [-0.2, -0.15) is 5.10 Å². The largest absolute Gasteiger partial charge is 0.324 e. The lowest BCUT2D eigenvalue weighted by Gasteiger charge is -2.13. The number of rotatable bonds is 7. The summed E-state index contributed by atoms with van der Waals surface area (Å²) in [5.74, 6) is -1.18. The SMILES string of the molecule is CC(=O)c1ccc(NC(=O)Cn2nc(-c3ccccc3)cc(NC(=O)C(C)C)c2=O)cc1. The number of anilines is 2. The molecule has 0 aliphatic rings. The van der Waals surface area contributed by atoms with E-state index < -0.39 is 11.5 Å². The van der Waals surface area contributed by atoms with Crippen LogP contribution < -0.4 is 16.2 Å². The van der Waals surface area contributed by atoms with Gasteiger partial charge < -0.3 is 10.6 Å². The average Bonchev–Trinajstić information content (AvgIpc) is 2.77. The molecule has 0 unspecified atom stereocenters. The van der Waals surface area contributed by atoms with Gasteiger partial charge in [-0.3, -0.25) is 19.2 Å². The van der Waals surface area contributed by atoms with E-state index in [1.165, 1.54) is 13.0 Å². The van der Waals surface area contributed by atoms with Gasteiger partial charge in [-0.15, -0.1) is 0 Å². The van der Waals surface area contributed by atoms with E-state index in [0.29, 0.717) is 16.9 Å². The van der Waals surface area contributed by atoms with E-state index >= 15 is 0 Å². The lowest BCUT2D eigenvalue weighted by Crippen LogP contribution is -2.33. The first-order chi connectivity index (χ1) is 15.2. The lowest BCUT2D eigenvalue weighted by molar-refractivity contribution is -0.119. The van der Waals surface area contributed by atoms with Gasteiger partial charge in [-0.1, -0.05) is 44.2 Å². The Morgan fingerprint density at radius 3 is 2.22 bits per heavy atom. The standard InChI is InChI=1S/C24H24N4O4/c1-15(2)23(31)26-21-13-20(18-7-5-4-6-8-18)27-28(24(21)32)14-22(30)25-19-11-9-17(10-12-19)16(3)29/h4-13,15H,14H2,1-3H3,(H,25,30)(H,26,31). The van der Waals surface area contributed by atoms with Crippen LogP contribution in [0.15, 0.2) is 65.5 Å². The van der Waals surface area contributed by atoms with Crippen LogP contribution in [0.4, 0.5) is 11.4 Å². The fourth-order valence-electron chi connectivity index (χ4n) is 2.89. The zero-order chi connectivity index (χ0) is 23.3. The normalized spacial score (nSPS) is 10.6. The summed E-state index contributed by atoms with van der Waals surface area (Å²) >= 11 is 0. The summed E-state index contributed by atoms with van der Waals surface area (Å²) in [7, 11) is 0. The van der Waals surface area contributed by atoms with Gasteiger partial charge in [0.25, 0.3) is 5.56 Å². The van der Waals surface area contributed by atoms with Crippen LogP contribution in [0.2, 0.25) is 0 Å². The Morgan fingerprint density at radius 2 is 1.62 bits per heavy atom. The number of ketones is 1. The molecule has 1 heterocycles. The Labute approximate surface area is 185 Å². The number of aromatic nitrogens is 2. The van der Waals surface area contributed by atoms with Gasteiger partial charge in [0.15, 0.2) is 5.78 Å². The van der Waals surface area contributed by atoms with E-state index in [1.54, 1.807) is 38.1 Å². The molecule has 8 heteroatoms. The van der Waals surface area contributed by atoms with E-state index in [9.17, 15) is 19.2 Å². The number of hydrogen-bond acceptors (Lipinski definition) is 5. The predicted octanol–water partition coefficient (Wildman–Crippen LogP) is 3.35. The predicted molar refractivity (Wildman–Crippen MR) is 122 cm³/mol. The first-order valence-electron chi connectivity index (χ1n) is 10.1. The second-order valence-electron chi connectivity index (χ2n) is 7.60. The summed E-state index contributed by atoms with van der Waals surface area (Å²) in [5, 5.41) is 9.63. The zero-order valence-corrected chi connectivity index (χ0v) is 18.1. The van der Waals surface area contributed by atoms with E-state index in [2.05, 4.69) is 15.7 Å². The lowest BCUT2D eigenvalue weighted by atomic mass is 10.1. The molecule has 0 spiro atoms. The Kier molecular flexibility index (Phi) is 6.94. The monoisotopic (exact) mass is 432 g/mol. The number of amides is 2. The molecule has 0 atom stereocenters. The third kappa shape index (κ3) is 5.54. The minimum atomic E-state index is -0.583. The maximum Gasteiger partial charge on any atom is 0.291 e. The molecule has 32 heavy (non-hydrogen) atoms. The van der Waals surface area contributed by atoms with E-state index in [-0.39, 0.29) is 29.8 Å². The molecule has 1 aromatic heterocycles. The molecule has 0 aliphatic carbocycles. The van der Waals surface area contributed by atoms with Crippen molar-refractivity contribution in [2.75, 3.05) is 10.6 Å². The fourth-order valence-corrected chi connectivity index (χ4v) is 2.89. The van der Waals surface area contributed by atoms with E-state index in [0.717, 1.165) is 10.2 Å². The molecule has 0 fully saturated rings. The Hall–Kier alpha value is -4.07. The van der Waals surface area contributed by atoms with Crippen molar-refractivity contribution in [1.29, 1.82) is 0 Å². The minimum Gasteiger partial charge on any atom is -0.324 e. The number of carbonyl (C=O) groups excluding carboxylic acids is 3. The van der Waals surface area contributed by atoms with Crippen LogP contribution in [0.5, 0.6) is 0 Å². The number of carbonyl (C=O) groups is 3. The molecule has 0 saturated heterocycles.